The Bertz CT molecular complexity index is 336. The summed E-state index contributed by atoms with van der Waals surface area (Å²) in [5.41, 5.74) is -0.572. The van der Waals surface area contributed by atoms with Crippen molar-refractivity contribution in [2.24, 2.45) is 0 Å². The summed E-state index contributed by atoms with van der Waals surface area (Å²) in [4.78, 5) is 24.7. The molecule has 0 saturated carbocycles. The van der Waals surface area contributed by atoms with E-state index in [1.54, 1.807) is 20.8 Å². The lowest BCUT2D eigenvalue weighted by Gasteiger charge is -2.30. The van der Waals surface area contributed by atoms with Crippen molar-refractivity contribution in [1.29, 1.82) is 0 Å². The van der Waals surface area contributed by atoms with Gasteiger partial charge in [-0.05, 0) is 33.6 Å². The van der Waals surface area contributed by atoms with Gasteiger partial charge < -0.3 is 19.5 Å². The van der Waals surface area contributed by atoms with Crippen LogP contribution in [0.4, 0.5) is 4.79 Å². The number of aliphatic hydroxyl groups is 1. The van der Waals surface area contributed by atoms with Crippen LogP contribution in [0.1, 0.15) is 40.0 Å². The van der Waals surface area contributed by atoms with Gasteiger partial charge in [-0.25, -0.2) is 4.79 Å². The molecule has 0 aromatic rings. The Hall–Kier alpha value is -1.30. The van der Waals surface area contributed by atoms with E-state index in [0.29, 0.717) is 13.0 Å². The molecule has 2 atom stereocenters. The van der Waals surface area contributed by atoms with Crippen LogP contribution in [0.25, 0.3) is 0 Å². The number of hydrogen-bond acceptors (Lipinski definition) is 5. The highest BCUT2D eigenvalue weighted by atomic mass is 16.6. The Balaban J connectivity index is 2.63. The van der Waals surface area contributed by atoms with E-state index in [4.69, 9.17) is 4.74 Å². The van der Waals surface area contributed by atoms with Crippen LogP contribution >= 0.6 is 0 Å². The van der Waals surface area contributed by atoms with Crippen LogP contribution in [-0.4, -0.2) is 53.5 Å². The molecule has 1 unspecified atom stereocenters. The van der Waals surface area contributed by atoms with Gasteiger partial charge in [-0.2, -0.15) is 0 Å². The minimum atomic E-state index is -0.914. The lowest BCUT2D eigenvalue weighted by atomic mass is 10.1. The normalized spacial score (nSPS) is 21.1. The van der Waals surface area contributed by atoms with Crippen LogP contribution in [-0.2, 0) is 14.3 Å². The third-order valence-corrected chi connectivity index (χ3v) is 2.97. The fourth-order valence-electron chi connectivity index (χ4n) is 2.13. The first-order chi connectivity index (χ1) is 8.74. The van der Waals surface area contributed by atoms with Crippen molar-refractivity contribution in [2.75, 3.05) is 13.7 Å². The monoisotopic (exact) mass is 273 g/mol. The van der Waals surface area contributed by atoms with Gasteiger partial charge in [0, 0.05) is 6.54 Å². The third kappa shape index (κ3) is 4.70. The van der Waals surface area contributed by atoms with Crippen molar-refractivity contribution >= 4 is 12.1 Å². The molecular weight excluding hydrogens is 250 g/mol. The van der Waals surface area contributed by atoms with E-state index in [2.05, 4.69) is 4.74 Å². The molecule has 0 aromatic carbocycles. The molecule has 1 N–H and O–H groups in total. The lowest BCUT2D eigenvalue weighted by molar-refractivity contribution is -0.143. The summed E-state index contributed by atoms with van der Waals surface area (Å²) >= 11 is 0. The molecule has 0 aromatic heterocycles. The zero-order valence-electron chi connectivity index (χ0n) is 12.0. The van der Waals surface area contributed by atoms with E-state index in [9.17, 15) is 14.7 Å². The molecule has 110 valence electrons. The molecule has 0 spiro atoms. The lowest BCUT2D eigenvalue weighted by Crippen LogP contribution is -2.45. The molecule has 1 heterocycles. The molecule has 1 rings (SSSR count). The molecule has 6 heteroatoms. The smallest absolute Gasteiger partial charge is 0.410 e. The number of methoxy groups -OCH3 is 1. The highest BCUT2D eigenvalue weighted by Crippen LogP contribution is 2.24. The number of nitrogens with zero attached hydrogens (tertiary/aromatic N) is 1. The van der Waals surface area contributed by atoms with Crippen molar-refractivity contribution in [3.05, 3.63) is 0 Å². The van der Waals surface area contributed by atoms with Crippen LogP contribution in [0.5, 0.6) is 0 Å². The predicted octanol–water partition coefficient (Wildman–Crippen LogP) is 1.31. The third-order valence-electron chi connectivity index (χ3n) is 2.97. The van der Waals surface area contributed by atoms with E-state index in [0.717, 1.165) is 6.42 Å². The van der Waals surface area contributed by atoms with Gasteiger partial charge >= 0.3 is 12.1 Å². The molecule has 1 saturated heterocycles. The Morgan fingerprint density at radius 1 is 1.42 bits per heavy atom. The Morgan fingerprint density at radius 2 is 2.05 bits per heavy atom. The molecule has 1 fully saturated rings. The summed E-state index contributed by atoms with van der Waals surface area (Å²) in [5, 5.41) is 10.0. The number of hydrogen-bond donors (Lipinski definition) is 1. The molecule has 0 aliphatic carbocycles. The summed E-state index contributed by atoms with van der Waals surface area (Å²) in [7, 11) is 1.27. The summed E-state index contributed by atoms with van der Waals surface area (Å²) < 4.78 is 9.82. The van der Waals surface area contributed by atoms with Gasteiger partial charge in [-0.15, -0.1) is 0 Å². The minimum absolute atomic E-state index is 0.111. The first-order valence-electron chi connectivity index (χ1n) is 6.49. The van der Waals surface area contributed by atoms with Crippen LogP contribution in [0.2, 0.25) is 0 Å². The van der Waals surface area contributed by atoms with Crippen molar-refractivity contribution in [2.45, 2.75) is 57.8 Å². The minimum Gasteiger partial charge on any atom is -0.469 e. The summed E-state index contributed by atoms with van der Waals surface area (Å²) in [6, 6.07) is -0.381. The fourth-order valence-corrected chi connectivity index (χ4v) is 2.13. The second-order valence-electron chi connectivity index (χ2n) is 5.73. The maximum absolute atomic E-state index is 12.0. The Morgan fingerprint density at radius 3 is 2.58 bits per heavy atom. The van der Waals surface area contributed by atoms with E-state index in [1.807, 2.05) is 0 Å². The van der Waals surface area contributed by atoms with Gasteiger partial charge in [0.25, 0.3) is 0 Å². The second kappa shape index (κ2) is 6.23. The molecule has 19 heavy (non-hydrogen) atoms. The van der Waals surface area contributed by atoms with Crippen molar-refractivity contribution < 1.29 is 24.2 Å². The first kappa shape index (κ1) is 15.8. The van der Waals surface area contributed by atoms with Crippen molar-refractivity contribution in [1.82, 2.24) is 4.90 Å². The average molecular weight is 273 g/mol. The molecule has 0 radical (unpaired) electrons. The topological polar surface area (TPSA) is 76.1 Å². The fraction of sp³-hybridized carbons (Fsp3) is 0.846. The zero-order valence-corrected chi connectivity index (χ0v) is 12.0. The van der Waals surface area contributed by atoms with Gasteiger partial charge in [0.2, 0.25) is 0 Å². The van der Waals surface area contributed by atoms with Crippen molar-refractivity contribution in [3.8, 4) is 0 Å². The summed E-state index contributed by atoms with van der Waals surface area (Å²) in [5.74, 6) is -0.483. The number of esters is 1. The molecular formula is C13H23NO5. The molecule has 1 amide bonds. The number of ether oxygens (including phenoxy) is 2. The van der Waals surface area contributed by atoms with Gasteiger partial charge in [0.15, 0.2) is 0 Å². The number of amides is 1. The second-order valence-corrected chi connectivity index (χ2v) is 5.73. The number of carbonyl (C=O) groups is 2. The maximum atomic E-state index is 12.0. The SMILES string of the molecule is COC(=O)CC(O)[C@@H]1CCCN1C(=O)OC(C)(C)C. The number of aliphatic hydroxyl groups excluding tert-OH is 1. The van der Waals surface area contributed by atoms with E-state index in [1.165, 1.54) is 12.0 Å². The van der Waals surface area contributed by atoms with Gasteiger partial charge in [-0.3, -0.25) is 4.79 Å². The first-order valence-corrected chi connectivity index (χ1v) is 6.49. The van der Waals surface area contributed by atoms with Crippen LogP contribution < -0.4 is 0 Å². The Kier molecular flexibility index (Phi) is 5.17. The van der Waals surface area contributed by atoms with E-state index in [-0.39, 0.29) is 12.5 Å². The van der Waals surface area contributed by atoms with Gasteiger partial charge in [0.05, 0.1) is 25.7 Å². The highest BCUT2D eigenvalue weighted by molar-refractivity contribution is 5.71. The van der Waals surface area contributed by atoms with Gasteiger partial charge in [-0.1, -0.05) is 0 Å². The van der Waals surface area contributed by atoms with E-state index >= 15 is 0 Å². The van der Waals surface area contributed by atoms with E-state index < -0.39 is 23.8 Å². The number of rotatable bonds is 3. The summed E-state index contributed by atoms with van der Waals surface area (Å²) in [6.45, 7) is 5.92. The summed E-state index contributed by atoms with van der Waals surface area (Å²) in [6.07, 6.45) is -0.0126. The number of likely N-dealkylation sites (tertiary alicyclic amines) is 1. The largest absolute Gasteiger partial charge is 0.469 e. The van der Waals surface area contributed by atoms with Gasteiger partial charge in [0.1, 0.15) is 5.60 Å². The zero-order chi connectivity index (χ0) is 14.6. The van der Waals surface area contributed by atoms with Crippen molar-refractivity contribution in [3.63, 3.8) is 0 Å². The maximum Gasteiger partial charge on any atom is 0.410 e. The van der Waals surface area contributed by atoms with Crippen LogP contribution in [0, 0.1) is 0 Å². The predicted molar refractivity (Wildman–Crippen MR) is 68.6 cm³/mol. The molecule has 1 aliphatic heterocycles. The average Bonchev–Trinajstić information content (AvgIpc) is 2.75. The molecule has 6 nitrogen and oxygen atoms in total. The Labute approximate surface area is 113 Å². The molecule has 1 aliphatic rings. The van der Waals surface area contributed by atoms with Crippen LogP contribution in [0.15, 0.2) is 0 Å². The molecule has 0 bridgehead atoms. The quantitative estimate of drug-likeness (QED) is 0.785. The standard InChI is InChI=1S/C13H23NO5/c1-13(2,3)19-12(17)14-7-5-6-9(14)10(15)8-11(16)18-4/h9-10,15H,5-8H2,1-4H3/t9-,10?/m0/s1. The highest BCUT2D eigenvalue weighted by Gasteiger charge is 2.37. The number of carbonyl (C=O) groups excluding carboxylic acids is 2. The van der Waals surface area contributed by atoms with Crippen LogP contribution in [0.3, 0.4) is 0 Å².